The number of nitrogens with zero attached hydrogens (tertiary/aromatic N) is 1. The summed E-state index contributed by atoms with van der Waals surface area (Å²) in [7, 11) is 0. The quantitative estimate of drug-likeness (QED) is 0.354. The molecule has 7 heteroatoms. The Morgan fingerprint density at radius 1 is 1.13 bits per heavy atom. The monoisotopic (exact) mass is 539 g/mol. The molecule has 2 aromatic rings. The van der Waals surface area contributed by atoms with Crippen LogP contribution in [0.15, 0.2) is 53.4 Å². The van der Waals surface area contributed by atoms with Gasteiger partial charge in [-0.2, -0.15) is 0 Å². The molecule has 2 heterocycles. The van der Waals surface area contributed by atoms with Gasteiger partial charge in [0.15, 0.2) is 0 Å². The van der Waals surface area contributed by atoms with Gasteiger partial charge in [-0.25, -0.2) is 4.98 Å². The third-order valence-corrected chi connectivity index (χ3v) is 8.49. The summed E-state index contributed by atoms with van der Waals surface area (Å²) in [6.45, 7) is 8.82. The molecule has 38 heavy (non-hydrogen) atoms. The molecule has 5 atom stereocenters. The topological polar surface area (TPSA) is 96.7 Å². The lowest BCUT2D eigenvalue weighted by molar-refractivity contribution is -0.154. The second-order valence-electron chi connectivity index (χ2n) is 11.0. The van der Waals surface area contributed by atoms with Gasteiger partial charge in [0.2, 0.25) is 0 Å². The van der Waals surface area contributed by atoms with Crippen molar-refractivity contribution >= 4 is 29.2 Å². The average Bonchev–Trinajstić information content (AvgIpc) is 3.36. The van der Waals surface area contributed by atoms with Crippen LogP contribution in [-0.2, 0) is 14.3 Å². The van der Waals surface area contributed by atoms with E-state index in [1.54, 1.807) is 32.1 Å². The molecule has 3 rings (SSSR count). The maximum Gasteiger partial charge on any atom is 0.309 e. The highest BCUT2D eigenvalue weighted by Crippen LogP contribution is 2.32. The minimum atomic E-state index is -1.23. The largest absolute Gasteiger partial charge is 0.457 e. The minimum absolute atomic E-state index is 0.0509. The van der Waals surface area contributed by atoms with Gasteiger partial charge in [0.05, 0.1) is 29.7 Å². The van der Waals surface area contributed by atoms with E-state index in [0.29, 0.717) is 6.42 Å². The molecule has 0 fully saturated rings. The molecule has 206 valence electrons. The number of benzene rings is 1. The van der Waals surface area contributed by atoms with Gasteiger partial charge < -0.3 is 14.9 Å². The predicted molar refractivity (Wildman–Crippen MR) is 152 cm³/mol. The Bertz CT molecular complexity index is 1140. The maximum atomic E-state index is 13.2. The number of allylic oxidation sites excluding steroid dienone is 1. The number of carbonyl (C=O) groups is 2. The molecule has 1 aliphatic rings. The van der Waals surface area contributed by atoms with Crippen LogP contribution in [0.5, 0.6) is 0 Å². The molecule has 1 aliphatic heterocycles. The van der Waals surface area contributed by atoms with Gasteiger partial charge in [0.1, 0.15) is 16.9 Å². The molecule has 0 bridgehead atoms. The molecule has 0 saturated heterocycles. The highest BCUT2D eigenvalue weighted by Gasteiger charge is 2.42. The number of thiazole rings is 1. The van der Waals surface area contributed by atoms with E-state index in [1.807, 2.05) is 61.7 Å². The van der Waals surface area contributed by atoms with E-state index in [4.69, 9.17) is 9.72 Å². The molecule has 0 saturated carbocycles. The Hall–Kier alpha value is -2.61. The fraction of sp³-hybridized carbons (Fsp3) is 0.516. The predicted octanol–water partition coefficient (Wildman–Crippen LogP) is 6.23. The Labute approximate surface area is 230 Å². The molecular formula is C31H41NO5S. The Kier molecular flexibility index (Phi) is 10.6. The second-order valence-corrected chi connectivity index (χ2v) is 11.9. The zero-order valence-corrected chi connectivity index (χ0v) is 23.9. The Balaban J connectivity index is 1.82. The molecule has 6 nitrogen and oxygen atoms in total. The highest BCUT2D eigenvalue weighted by molar-refractivity contribution is 7.13. The third kappa shape index (κ3) is 7.71. The lowest BCUT2D eigenvalue weighted by Gasteiger charge is -2.34. The summed E-state index contributed by atoms with van der Waals surface area (Å²) >= 11 is 1.56. The van der Waals surface area contributed by atoms with Gasteiger partial charge in [-0.15, -0.1) is 11.3 Å². The minimum Gasteiger partial charge on any atom is -0.457 e. The Morgan fingerprint density at radius 2 is 1.84 bits per heavy atom. The molecule has 1 aromatic heterocycles. The molecule has 0 aliphatic carbocycles. The van der Waals surface area contributed by atoms with Crippen LogP contribution in [-0.4, -0.2) is 45.3 Å². The molecule has 0 unspecified atom stereocenters. The number of esters is 1. The number of rotatable bonds is 3. The molecule has 1 aromatic carbocycles. The first-order valence-corrected chi connectivity index (χ1v) is 14.3. The van der Waals surface area contributed by atoms with Crippen molar-refractivity contribution in [2.24, 2.45) is 17.3 Å². The molecule has 0 spiro atoms. The molecule has 0 amide bonds. The lowest BCUT2D eigenvalue weighted by Crippen LogP contribution is -2.45. The van der Waals surface area contributed by atoms with Crippen molar-refractivity contribution in [3.63, 3.8) is 0 Å². The van der Waals surface area contributed by atoms with Crippen LogP contribution in [0.2, 0.25) is 0 Å². The van der Waals surface area contributed by atoms with Gasteiger partial charge in [0.25, 0.3) is 0 Å². The fourth-order valence-electron chi connectivity index (χ4n) is 4.80. The number of Topliss-reactive ketones (excluding diaryl/α,β-unsaturated/α-hetero) is 1. The number of ketones is 1. The van der Waals surface area contributed by atoms with Crippen LogP contribution in [0.4, 0.5) is 0 Å². The smallest absolute Gasteiger partial charge is 0.309 e. The van der Waals surface area contributed by atoms with Crippen molar-refractivity contribution in [1.82, 2.24) is 4.98 Å². The first-order valence-electron chi connectivity index (χ1n) is 13.4. The standard InChI is InChI=1S/C31H41NO5S/c1-20-13-9-6-7-12-16-25(21(2)17-24-19-38-30(32-24)23-14-10-8-11-15-23)37-27(34)18-26(33)31(4,5)29(36)22(3)28(20)35/h7-8,10-12,14-15,17,19-20,22,25-26,28,33,35H,6,9,13,16,18H2,1-5H3/b12-7+,21-17+/t20-,22+,25-,26-,28-/m0/s1. The Morgan fingerprint density at radius 3 is 2.55 bits per heavy atom. The molecular weight excluding hydrogens is 498 g/mol. The normalized spacial score (nSPS) is 29.0. The van der Waals surface area contributed by atoms with E-state index in [-0.39, 0.29) is 18.1 Å². The number of aliphatic hydroxyl groups is 2. The number of carbonyl (C=O) groups excluding carboxylic acids is 2. The van der Waals surface area contributed by atoms with Crippen LogP contribution in [0.3, 0.4) is 0 Å². The van der Waals surface area contributed by atoms with Crippen molar-refractivity contribution in [2.75, 3.05) is 0 Å². The van der Waals surface area contributed by atoms with E-state index in [2.05, 4.69) is 6.08 Å². The highest BCUT2D eigenvalue weighted by atomic mass is 32.1. The summed E-state index contributed by atoms with van der Waals surface area (Å²) in [5.74, 6) is -1.52. The first-order chi connectivity index (χ1) is 18.0. The summed E-state index contributed by atoms with van der Waals surface area (Å²) in [4.78, 5) is 30.9. The van der Waals surface area contributed by atoms with E-state index in [1.165, 1.54) is 0 Å². The zero-order chi connectivity index (χ0) is 27.9. The maximum absolute atomic E-state index is 13.2. The third-order valence-electron chi connectivity index (χ3n) is 7.58. The van der Waals surface area contributed by atoms with Gasteiger partial charge in [-0.1, -0.05) is 70.2 Å². The van der Waals surface area contributed by atoms with Gasteiger partial charge >= 0.3 is 5.97 Å². The SMILES string of the molecule is C/C(=C\c1csc(-c2ccccc2)n1)[C@@H]1C/C=C/CCC[C@H](C)[C@H](O)[C@@H](C)C(=O)C(C)(C)[C@@H](O)CC(=O)O1. The van der Waals surface area contributed by atoms with Crippen molar-refractivity contribution < 1.29 is 24.5 Å². The number of aromatic nitrogens is 1. The summed E-state index contributed by atoms with van der Waals surface area (Å²) in [6.07, 6.45) is 6.17. The number of hydrogen-bond donors (Lipinski definition) is 2. The van der Waals surface area contributed by atoms with E-state index >= 15 is 0 Å². The molecule has 0 radical (unpaired) electrons. The summed E-state index contributed by atoms with van der Waals surface area (Å²) in [6, 6.07) is 9.98. The second kappa shape index (κ2) is 13.5. The van der Waals surface area contributed by atoms with Crippen LogP contribution >= 0.6 is 11.3 Å². The zero-order valence-electron chi connectivity index (χ0n) is 23.1. The van der Waals surface area contributed by atoms with Crippen molar-refractivity contribution in [2.45, 2.75) is 85.0 Å². The van der Waals surface area contributed by atoms with Crippen molar-refractivity contribution in [3.8, 4) is 10.6 Å². The van der Waals surface area contributed by atoms with E-state index < -0.39 is 35.6 Å². The first kappa shape index (κ1) is 29.9. The number of aliphatic hydroxyl groups excluding tert-OH is 2. The fourth-order valence-corrected chi connectivity index (χ4v) is 5.59. The average molecular weight is 540 g/mol. The van der Waals surface area contributed by atoms with Crippen LogP contribution < -0.4 is 0 Å². The van der Waals surface area contributed by atoms with Gasteiger partial charge in [0, 0.05) is 23.3 Å². The van der Waals surface area contributed by atoms with Crippen molar-refractivity contribution in [3.05, 3.63) is 59.1 Å². The van der Waals surface area contributed by atoms with Crippen LogP contribution in [0.1, 0.15) is 72.4 Å². The number of cyclic esters (lactones) is 1. The lowest BCUT2D eigenvalue weighted by atomic mass is 9.73. The van der Waals surface area contributed by atoms with E-state index in [0.717, 1.165) is 41.1 Å². The van der Waals surface area contributed by atoms with E-state index in [9.17, 15) is 19.8 Å². The summed E-state index contributed by atoms with van der Waals surface area (Å²) < 4.78 is 5.84. The summed E-state index contributed by atoms with van der Waals surface area (Å²) in [5.41, 5.74) is 1.50. The summed E-state index contributed by atoms with van der Waals surface area (Å²) in [5, 5.41) is 24.5. The molecule has 2 N–H and O–H groups in total. The van der Waals surface area contributed by atoms with Gasteiger partial charge in [-0.05, 0) is 43.8 Å². The van der Waals surface area contributed by atoms with Crippen LogP contribution in [0.25, 0.3) is 16.6 Å². The van der Waals surface area contributed by atoms with Crippen molar-refractivity contribution in [1.29, 1.82) is 0 Å². The number of ether oxygens (including phenoxy) is 1. The number of hydrogen-bond acceptors (Lipinski definition) is 7. The van der Waals surface area contributed by atoms with Gasteiger partial charge in [-0.3, -0.25) is 9.59 Å². The van der Waals surface area contributed by atoms with Crippen LogP contribution in [0, 0.1) is 17.3 Å².